The highest BCUT2D eigenvalue weighted by Gasteiger charge is 2.34. The lowest BCUT2D eigenvalue weighted by molar-refractivity contribution is -0.137. The van der Waals surface area contributed by atoms with E-state index in [-0.39, 0.29) is 28.4 Å². The van der Waals surface area contributed by atoms with Crippen LogP contribution in [-0.2, 0) is 6.18 Å². The monoisotopic (exact) mass is 418 g/mol. The Morgan fingerprint density at radius 2 is 1.90 bits per heavy atom. The molecule has 1 amide bonds. The number of amides is 1. The van der Waals surface area contributed by atoms with Crippen LogP contribution in [0.15, 0.2) is 34.9 Å². The summed E-state index contributed by atoms with van der Waals surface area (Å²) in [5.41, 5.74) is -0.105. The van der Waals surface area contributed by atoms with Gasteiger partial charge in [0.05, 0.1) is 27.9 Å². The first-order valence-electron chi connectivity index (χ1n) is 9.67. The minimum atomic E-state index is -4.55. The van der Waals surface area contributed by atoms with E-state index >= 15 is 0 Å². The minimum absolute atomic E-state index is 0.0295. The van der Waals surface area contributed by atoms with E-state index in [4.69, 9.17) is 4.52 Å². The van der Waals surface area contributed by atoms with E-state index < -0.39 is 11.7 Å². The van der Waals surface area contributed by atoms with Crippen LogP contribution in [0.2, 0.25) is 0 Å². The van der Waals surface area contributed by atoms with Crippen LogP contribution in [-0.4, -0.2) is 59.1 Å². The highest BCUT2D eigenvalue weighted by atomic mass is 19.4. The van der Waals surface area contributed by atoms with Crippen molar-refractivity contribution in [2.45, 2.75) is 19.5 Å². The topological polar surface area (TPSA) is 62.5 Å². The number of likely N-dealkylation sites (N-methyl/N-ethyl adjacent to an activating group) is 1. The first-order valence-corrected chi connectivity index (χ1v) is 9.67. The summed E-state index contributed by atoms with van der Waals surface area (Å²) in [4.78, 5) is 21.5. The van der Waals surface area contributed by atoms with E-state index in [1.807, 2.05) is 7.05 Å². The predicted octanol–water partition coefficient (Wildman–Crippen LogP) is 3.99. The Labute approximate surface area is 171 Å². The average molecular weight is 418 g/mol. The van der Waals surface area contributed by atoms with E-state index in [2.05, 4.69) is 15.0 Å². The molecule has 0 N–H and O–H groups in total. The number of aryl methyl sites for hydroxylation is 1. The molecule has 0 bridgehead atoms. The summed E-state index contributed by atoms with van der Waals surface area (Å²) < 4.78 is 45.9. The van der Waals surface area contributed by atoms with Crippen LogP contribution in [0.3, 0.4) is 0 Å². The number of alkyl halides is 3. The molecule has 0 aliphatic carbocycles. The third-order valence-electron chi connectivity index (χ3n) is 5.36. The second kappa shape index (κ2) is 7.71. The summed E-state index contributed by atoms with van der Waals surface area (Å²) in [5, 5.41) is 4.32. The molecule has 1 fully saturated rings. The maximum absolute atomic E-state index is 13.5. The quantitative estimate of drug-likeness (QED) is 0.630. The molecular weight excluding hydrogens is 397 g/mol. The lowest BCUT2D eigenvalue weighted by Gasteiger charge is -2.21. The van der Waals surface area contributed by atoms with Gasteiger partial charge in [-0.05, 0) is 39.1 Å². The molecule has 1 saturated heterocycles. The normalized spacial score (nSPS) is 16.1. The van der Waals surface area contributed by atoms with Gasteiger partial charge in [-0.1, -0.05) is 23.4 Å². The smallest absolute Gasteiger partial charge is 0.337 e. The number of nitrogens with zero attached hydrogens (tertiary/aromatic N) is 4. The second-order valence-corrected chi connectivity index (χ2v) is 7.50. The van der Waals surface area contributed by atoms with Gasteiger partial charge in [0.25, 0.3) is 11.6 Å². The van der Waals surface area contributed by atoms with E-state index in [0.717, 1.165) is 25.6 Å². The van der Waals surface area contributed by atoms with Crippen molar-refractivity contribution in [1.82, 2.24) is 19.9 Å². The molecule has 6 nitrogen and oxygen atoms in total. The standard InChI is InChI=1S/C21H21F3N4O2/c1-13-18-15(20(29)28-9-5-8-27(2)10-11-28)12-17(25-19(18)30-26-13)14-6-3-4-7-16(14)21(22,23)24/h3-4,6-7,12H,5,8-11H2,1-2H3. The van der Waals surface area contributed by atoms with Crippen molar-refractivity contribution in [3.63, 3.8) is 0 Å². The Morgan fingerprint density at radius 1 is 1.13 bits per heavy atom. The molecule has 1 aromatic carbocycles. The average Bonchev–Trinajstić information content (AvgIpc) is 2.95. The Balaban J connectivity index is 1.85. The lowest BCUT2D eigenvalue weighted by Crippen LogP contribution is -2.34. The molecule has 4 rings (SSSR count). The fraction of sp³-hybridized carbons (Fsp3) is 0.381. The highest BCUT2D eigenvalue weighted by molar-refractivity contribution is 6.07. The minimum Gasteiger partial charge on any atom is -0.337 e. The third-order valence-corrected chi connectivity index (χ3v) is 5.36. The number of pyridine rings is 1. The maximum Gasteiger partial charge on any atom is 0.417 e. The van der Waals surface area contributed by atoms with Crippen LogP contribution in [0.25, 0.3) is 22.4 Å². The van der Waals surface area contributed by atoms with Crippen molar-refractivity contribution in [3.8, 4) is 11.3 Å². The number of aromatic nitrogens is 2. The third kappa shape index (κ3) is 3.77. The first kappa shape index (κ1) is 20.3. The van der Waals surface area contributed by atoms with Crippen molar-refractivity contribution in [2.75, 3.05) is 33.2 Å². The molecule has 2 aromatic heterocycles. The van der Waals surface area contributed by atoms with Crippen molar-refractivity contribution in [2.24, 2.45) is 0 Å². The van der Waals surface area contributed by atoms with Crippen LogP contribution in [0, 0.1) is 6.92 Å². The number of hydrogen-bond donors (Lipinski definition) is 0. The van der Waals surface area contributed by atoms with Crippen molar-refractivity contribution < 1.29 is 22.5 Å². The molecule has 158 valence electrons. The first-order chi connectivity index (χ1) is 14.3. The van der Waals surface area contributed by atoms with Crippen LogP contribution in [0.5, 0.6) is 0 Å². The number of carbonyl (C=O) groups is 1. The van der Waals surface area contributed by atoms with Gasteiger partial charge >= 0.3 is 6.18 Å². The number of hydrogen-bond acceptors (Lipinski definition) is 5. The molecule has 0 atom stereocenters. The molecule has 1 aliphatic heterocycles. The largest absolute Gasteiger partial charge is 0.417 e. The van der Waals surface area contributed by atoms with Gasteiger partial charge in [-0.3, -0.25) is 4.79 Å². The Morgan fingerprint density at radius 3 is 2.67 bits per heavy atom. The number of halogens is 3. The highest BCUT2D eigenvalue weighted by Crippen LogP contribution is 2.37. The van der Waals surface area contributed by atoms with Gasteiger partial charge in [0, 0.05) is 25.2 Å². The predicted molar refractivity (Wildman–Crippen MR) is 105 cm³/mol. The number of carbonyl (C=O) groups excluding carboxylic acids is 1. The number of benzene rings is 1. The van der Waals surface area contributed by atoms with Gasteiger partial charge in [0.2, 0.25) is 0 Å². The van der Waals surface area contributed by atoms with Gasteiger partial charge in [0.15, 0.2) is 0 Å². The molecular formula is C21H21F3N4O2. The summed E-state index contributed by atoms with van der Waals surface area (Å²) in [6.45, 7) is 4.41. The Kier molecular flexibility index (Phi) is 5.23. The molecule has 0 spiro atoms. The zero-order valence-electron chi connectivity index (χ0n) is 16.7. The second-order valence-electron chi connectivity index (χ2n) is 7.50. The van der Waals surface area contributed by atoms with Crippen LogP contribution in [0.1, 0.15) is 28.0 Å². The van der Waals surface area contributed by atoms with E-state index in [0.29, 0.717) is 24.2 Å². The molecule has 0 radical (unpaired) electrons. The van der Waals surface area contributed by atoms with Crippen LogP contribution < -0.4 is 0 Å². The van der Waals surface area contributed by atoms with Crippen molar-refractivity contribution in [1.29, 1.82) is 0 Å². The molecule has 0 unspecified atom stereocenters. The lowest BCUT2D eigenvalue weighted by atomic mass is 10.00. The fourth-order valence-corrected chi connectivity index (χ4v) is 3.77. The van der Waals surface area contributed by atoms with Gasteiger partial charge < -0.3 is 14.3 Å². The van der Waals surface area contributed by atoms with Gasteiger partial charge in [-0.15, -0.1) is 0 Å². The molecule has 0 saturated carbocycles. The van der Waals surface area contributed by atoms with Gasteiger partial charge in [0.1, 0.15) is 0 Å². The summed E-state index contributed by atoms with van der Waals surface area (Å²) in [6, 6.07) is 6.60. The molecule has 3 aromatic rings. The summed E-state index contributed by atoms with van der Waals surface area (Å²) in [7, 11) is 1.99. The molecule has 9 heteroatoms. The number of rotatable bonds is 2. The van der Waals surface area contributed by atoms with Crippen LogP contribution in [0.4, 0.5) is 13.2 Å². The molecule has 3 heterocycles. The zero-order chi connectivity index (χ0) is 21.5. The number of fused-ring (bicyclic) bond motifs is 1. The van der Waals surface area contributed by atoms with E-state index in [1.165, 1.54) is 24.3 Å². The Bertz CT molecular complexity index is 1090. The fourth-order valence-electron chi connectivity index (χ4n) is 3.77. The summed E-state index contributed by atoms with van der Waals surface area (Å²) >= 11 is 0. The zero-order valence-corrected chi connectivity index (χ0v) is 16.7. The maximum atomic E-state index is 13.5. The summed E-state index contributed by atoms with van der Waals surface area (Å²) in [6.07, 6.45) is -3.73. The van der Waals surface area contributed by atoms with Crippen molar-refractivity contribution >= 4 is 17.0 Å². The van der Waals surface area contributed by atoms with E-state index in [9.17, 15) is 18.0 Å². The SMILES string of the molecule is Cc1noc2nc(-c3ccccc3C(F)(F)F)cc(C(=O)N3CCCN(C)CC3)c12. The van der Waals surface area contributed by atoms with Crippen LogP contribution >= 0.6 is 0 Å². The summed E-state index contributed by atoms with van der Waals surface area (Å²) in [5.74, 6) is -0.255. The van der Waals surface area contributed by atoms with Gasteiger partial charge in [-0.2, -0.15) is 13.2 Å². The molecule has 30 heavy (non-hydrogen) atoms. The Hall–Kier alpha value is -2.94. The van der Waals surface area contributed by atoms with E-state index in [1.54, 1.807) is 11.8 Å². The van der Waals surface area contributed by atoms with Gasteiger partial charge in [-0.25, -0.2) is 4.98 Å². The van der Waals surface area contributed by atoms with Crippen molar-refractivity contribution in [3.05, 3.63) is 47.2 Å². The molecule has 1 aliphatic rings.